The number of nitrogens with zero attached hydrogens (tertiary/aromatic N) is 2. The third-order valence-corrected chi connectivity index (χ3v) is 3.74. The number of benzene rings is 1. The molecule has 0 bridgehead atoms. The molecule has 0 saturated carbocycles. The number of hydrogen-bond donors (Lipinski definition) is 2. The summed E-state index contributed by atoms with van der Waals surface area (Å²) in [5.41, 5.74) is 5.96. The lowest BCUT2D eigenvalue weighted by molar-refractivity contribution is 0.409. The molecule has 0 amide bonds. The zero-order valence-corrected chi connectivity index (χ0v) is 11.2. The molecule has 8 heteroatoms. The molecule has 20 heavy (non-hydrogen) atoms. The van der Waals surface area contributed by atoms with Gasteiger partial charge in [-0.3, -0.25) is 0 Å². The predicted molar refractivity (Wildman–Crippen MR) is 70.7 cm³/mol. The molecule has 7 nitrogen and oxygen atoms in total. The molecule has 0 aliphatic rings. The quantitative estimate of drug-likeness (QED) is 0.759. The molecular weight excluding hydrogens is 280 g/mol. The Hall–Kier alpha value is -2.21. The lowest BCUT2D eigenvalue weighted by atomic mass is 10.2. The van der Waals surface area contributed by atoms with Gasteiger partial charge in [0.05, 0.1) is 18.0 Å². The van der Waals surface area contributed by atoms with Gasteiger partial charge >= 0.3 is 0 Å². The van der Waals surface area contributed by atoms with Crippen molar-refractivity contribution >= 4 is 10.0 Å². The summed E-state index contributed by atoms with van der Waals surface area (Å²) >= 11 is 0. The van der Waals surface area contributed by atoms with E-state index in [-0.39, 0.29) is 23.8 Å². The van der Waals surface area contributed by atoms with E-state index in [0.29, 0.717) is 5.56 Å². The Balaban J connectivity index is 2.09. The monoisotopic (exact) mass is 292 g/mol. The molecule has 0 aliphatic carbocycles. The Morgan fingerprint density at radius 2 is 2.05 bits per heavy atom. The van der Waals surface area contributed by atoms with Crippen LogP contribution in [0.25, 0.3) is 0 Å². The minimum atomic E-state index is -3.62. The fourth-order valence-electron chi connectivity index (χ4n) is 1.38. The van der Waals surface area contributed by atoms with E-state index in [1.54, 1.807) is 12.1 Å². The first-order valence-corrected chi connectivity index (χ1v) is 7.14. The van der Waals surface area contributed by atoms with Crippen LogP contribution < -0.4 is 10.5 Å². The van der Waals surface area contributed by atoms with Crippen molar-refractivity contribution in [1.82, 2.24) is 14.9 Å². The summed E-state index contributed by atoms with van der Waals surface area (Å²) in [5.74, 6) is 5.77. The highest BCUT2D eigenvalue weighted by molar-refractivity contribution is 7.89. The molecule has 1 aromatic carbocycles. The van der Waals surface area contributed by atoms with Gasteiger partial charge in [0, 0.05) is 5.56 Å². The van der Waals surface area contributed by atoms with Gasteiger partial charge in [0.2, 0.25) is 16.4 Å². The van der Waals surface area contributed by atoms with Crippen LogP contribution in [0.4, 0.5) is 0 Å². The van der Waals surface area contributed by atoms with Crippen LogP contribution in [0.1, 0.15) is 11.4 Å². The first-order chi connectivity index (χ1) is 9.62. The molecule has 104 valence electrons. The van der Waals surface area contributed by atoms with Crippen LogP contribution >= 0.6 is 0 Å². The highest BCUT2D eigenvalue weighted by atomic mass is 32.2. The second-order valence-electron chi connectivity index (χ2n) is 3.70. The minimum Gasteiger partial charge on any atom is -0.343 e. The maximum atomic E-state index is 12.0. The average molecular weight is 292 g/mol. The summed E-state index contributed by atoms with van der Waals surface area (Å²) in [4.78, 5) is 3.86. The smallest absolute Gasteiger partial charge is 0.240 e. The van der Waals surface area contributed by atoms with Crippen molar-refractivity contribution in [2.45, 2.75) is 11.4 Å². The van der Waals surface area contributed by atoms with Crippen LogP contribution in [0.5, 0.6) is 0 Å². The first kappa shape index (κ1) is 14.2. The Morgan fingerprint density at radius 1 is 1.30 bits per heavy atom. The molecule has 3 N–H and O–H groups in total. The van der Waals surface area contributed by atoms with Crippen LogP contribution in [0.2, 0.25) is 0 Å². The standard InChI is InChI=1S/C12H12N4O3S/c13-7-1-2-10-3-5-11(6-4-10)20(17,18)15-8-12-14-9-19-16-12/h3-6,9,15H,7-8,13H2. The molecule has 1 heterocycles. The van der Waals surface area contributed by atoms with E-state index < -0.39 is 10.0 Å². The molecule has 2 rings (SSSR count). The van der Waals surface area contributed by atoms with Crippen molar-refractivity contribution in [3.05, 3.63) is 42.0 Å². The second-order valence-corrected chi connectivity index (χ2v) is 5.47. The van der Waals surface area contributed by atoms with Crippen molar-refractivity contribution in [3.8, 4) is 11.8 Å². The number of sulfonamides is 1. The summed E-state index contributed by atoms with van der Waals surface area (Å²) in [6, 6.07) is 6.18. The van der Waals surface area contributed by atoms with Crippen LogP contribution in [0, 0.1) is 11.8 Å². The zero-order chi connectivity index (χ0) is 14.4. The van der Waals surface area contributed by atoms with Gasteiger partial charge in [-0.15, -0.1) is 0 Å². The molecule has 1 aromatic heterocycles. The second kappa shape index (κ2) is 6.29. The summed E-state index contributed by atoms with van der Waals surface area (Å²) in [6.45, 7) is 0.222. The van der Waals surface area contributed by atoms with Crippen LogP contribution in [0.3, 0.4) is 0 Å². The minimum absolute atomic E-state index is 0.0342. The molecular formula is C12H12N4O3S. The number of rotatable bonds is 4. The fraction of sp³-hybridized carbons (Fsp3) is 0.167. The largest absolute Gasteiger partial charge is 0.343 e. The van der Waals surface area contributed by atoms with Gasteiger partial charge < -0.3 is 10.3 Å². The normalized spacial score (nSPS) is 10.8. The third-order valence-electron chi connectivity index (χ3n) is 2.33. The molecule has 0 aliphatic heterocycles. The lowest BCUT2D eigenvalue weighted by Crippen LogP contribution is -2.23. The summed E-state index contributed by atoms with van der Waals surface area (Å²) in [6.07, 6.45) is 1.13. The Labute approximate surface area is 116 Å². The molecule has 0 fully saturated rings. The number of nitrogens with one attached hydrogen (secondary N) is 1. The van der Waals surface area contributed by atoms with Crippen molar-refractivity contribution in [1.29, 1.82) is 0 Å². The summed E-state index contributed by atoms with van der Waals surface area (Å²) in [5, 5.41) is 3.52. The van der Waals surface area contributed by atoms with Gasteiger partial charge in [-0.2, -0.15) is 4.98 Å². The molecule has 0 spiro atoms. The molecule has 2 aromatic rings. The van der Waals surface area contributed by atoms with E-state index in [4.69, 9.17) is 5.73 Å². The number of aromatic nitrogens is 2. The van der Waals surface area contributed by atoms with Gasteiger partial charge in [-0.25, -0.2) is 13.1 Å². The molecule has 0 saturated heterocycles. The van der Waals surface area contributed by atoms with Gasteiger partial charge in [0.15, 0.2) is 5.82 Å². The topological polar surface area (TPSA) is 111 Å². The van der Waals surface area contributed by atoms with Crippen LogP contribution in [-0.2, 0) is 16.6 Å². The van der Waals surface area contributed by atoms with Gasteiger partial charge in [0.25, 0.3) is 0 Å². The van der Waals surface area contributed by atoms with Gasteiger partial charge in [-0.1, -0.05) is 17.0 Å². The Morgan fingerprint density at radius 3 is 2.65 bits per heavy atom. The fourth-order valence-corrected chi connectivity index (χ4v) is 2.36. The van der Waals surface area contributed by atoms with E-state index in [9.17, 15) is 8.42 Å². The number of nitrogens with two attached hydrogens (primary N) is 1. The first-order valence-electron chi connectivity index (χ1n) is 5.66. The Kier molecular flexibility index (Phi) is 4.47. The molecule has 0 radical (unpaired) electrons. The van der Waals surface area contributed by atoms with Crippen LogP contribution in [-0.4, -0.2) is 25.1 Å². The molecule has 0 atom stereocenters. The summed E-state index contributed by atoms with van der Waals surface area (Å²) in [7, 11) is -3.62. The van der Waals surface area contributed by atoms with Crippen molar-refractivity contribution in [3.63, 3.8) is 0 Å². The highest BCUT2D eigenvalue weighted by Crippen LogP contribution is 2.10. The number of hydrogen-bond acceptors (Lipinski definition) is 6. The maximum absolute atomic E-state index is 12.0. The van der Waals surface area contributed by atoms with Crippen molar-refractivity contribution < 1.29 is 12.9 Å². The van der Waals surface area contributed by atoms with E-state index in [0.717, 1.165) is 6.39 Å². The highest BCUT2D eigenvalue weighted by Gasteiger charge is 2.14. The van der Waals surface area contributed by atoms with E-state index in [2.05, 4.69) is 31.2 Å². The average Bonchev–Trinajstić information content (AvgIpc) is 2.97. The van der Waals surface area contributed by atoms with E-state index in [1.807, 2.05) is 0 Å². The lowest BCUT2D eigenvalue weighted by Gasteiger charge is -2.04. The third kappa shape index (κ3) is 3.64. The summed E-state index contributed by atoms with van der Waals surface area (Å²) < 4.78 is 30.9. The van der Waals surface area contributed by atoms with Crippen LogP contribution in [0.15, 0.2) is 40.1 Å². The van der Waals surface area contributed by atoms with E-state index in [1.165, 1.54) is 12.1 Å². The molecule has 0 unspecified atom stereocenters. The zero-order valence-electron chi connectivity index (χ0n) is 10.4. The van der Waals surface area contributed by atoms with Gasteiger partial charge in [-0.05, 0) is 24.3 Å². The Bertz CT molecular complexity index is 712. The van der Waals surface area contributed by atoms with Gasteiger partial charge in [0.1, 0.15) is 0 Å². The van der Waals surface area contributed by atoms with E-state index >= 15 is 0 Å². The SMILES string of the molecule is NCC#Cc1ccc(S(=O)(=O)NCc2ncon2)cc1. The van der Waals surface area contributed by atoms with Crippen molar-refractivity contribution in [2.75, 3.05) is 6.54 Å². The predicted octanol–water partition coefficient (Wildman–Crippen LogP) is -0.142. The maximum Gasteiger partial charge on any atom is 0.240 e. The van der Waals surface area contributed by atoms with Crippen molar-refractivity contribution in [2.24, 2.45) is 5.73 Å².